The smallest absolute Gasteiger partial charge is 0.232 e. The predicted octanol–water partition coefficient (Wildman–Crippen LogP) is 4.36. The van der Waals surface area contributed by atoms with Gasteiger partial charge in [0.1, 0.15) is 6.26 Å². The summed E-state index contributed by atoms with van der Waals surface area (Å²) in [5, 5.41) is 9.90. The summed E-state index contributed by atoms with van der Waals surface area (Å²) >= 11 is 1.61. The molecule has 0 spiro atoms. The minimum absolute atomic E-state index is 0.630. The molecule has 2 aromatic heterocycles. The Bertz CT molecular complexity index is 1150. The SMILES string of the molecule is Cc1ccccc1-n1c(SCc2coc(-c3ccccc3)n2)nnc1N1CCOCC1. The van der Waals surface area contributed by atoms with Gasteiger partial charge in [-0.2, -0.15) is 0 Å². The number of ether oxygens (including phenoxy) is 1. The number of anilines is 1. The Labute approximate surface area is 185 Å². The second-order valence-electron chi connectivity index (χ2n) is 7.30. The molecule has 158 valence electrons. The van der Waals surface area contributed by atoms with Crippen LogP contribution in [0.5, 0.6) is 0 Å². The molecule has 0 saturated carbocycles. The zero-order valence-corrected chi connectivity index (χ0v) is 18.1. The molecule has 8 heteroatoms. The fourth-order valence-electron chi connectivity index (χ4n) is 3.57. The molecule has 1 saturated heterocycles. The third-order valence-corrected chi connectivity index (χ3v) is 6.15. The summed E-state index contributed by atoms with van der Waals surface area (Å²) in [4.78, 5) is 6.87. The number of thioether (sulfide) groups is 1. The minimum atomic E-state index is 0.630. The predicted molar refractivity (Wildman–Crippen MR) is 121 cm³/mol. The number of rotatable bonds is 6. The molecule has 0 aliphatic carbocycles. The summed E-state index contributed by atoms with van der Waals surface area (Å²) in [5.41, 5.74) is 4.10. The molecule has 0 unspecified atom stereocenters. The van der Waals surface area contributed by atoms with Crippen LogP contribution in [0, 0.1) is 6.92 Å². The molecule has 0 N–H and O–H groups in total. The first kappa shape index (κ1) is 19.8. The van der Waals surface area contributed by atoms with Crippen LogP contribution in [0.25, 0.3) is 17.1 Å². The minimum Gasteiger partial charge on any atom is -0.444 e. The van der Waals surface area contributed by atoms with Crippen LogP contribution >= 0.6 is 11.8 Å². The number of nitrogens with zero attached hydrogens (tertiary/aromatic N) is 5. The average Bonchev–Trinajstić information content (AvgIpc) is 3.46. The van der Waals surface area contributed by atoms with Crippen molar-refractivity contribution >= 4 is 17.7 Å². The molecular formula is C23H23N5O2S. The van der Waals surface area contributed by atoms with Gasteiger partial charge in [-0.05, 0) is 30.7 Å². The molecule has 5 rings (SSSR count). The van der Waals surface area contributed by atoms with Crippen molar-refractivity contribution in [2.24, 2.45) is 0 Å². The van der Waals surface area contributed by atoms with Crippen LogP contribution in [0.15, 0.2) is 70.4 Å². The van der Waals surface area contributed by atoms with E-state index in [0.717, 1.165) is 41.1 Å². The molecule has 0 amide bonds. The molecular weight excluding hydrogens is 410 g/mol. The van der Waals surface area contributed by atoms with E-state index >= 15 is 0 Å². The van der Waals surface area contributed by atoms with Crippen LogP contribution in [-0.4, -0.2) is 46.1 Å². The van der Waals surface area contributed by atoms with Crippen LogP contribution in [-0.2, 0) is 10.5 Å². The maximum Gasteiger partial charge on any atom is 0.232 e. The number of hydrogen-bond donors (Lipinski definition) is 0. The highest BCUT2D eigenvalue weighted by Gasteiger charge is 2.23. The molecule has 1 fully saturated rings. The molecule has 7 nitrogen and oxygen atoms in total. The lowest BCUT2D eigenvalue weighted by molar-refractivity contribution is 0.122. The Hall–Kier alpha value is -3.10. The van der Waals surface area contributed by atoms with Gasteiger partial charge in [0.05, 0.1) is 24.6 Å². The Balaban J connectivity index is 1.42. The molecule has 2 aromatic carbocycles. The van der Waals surface area contributed by atoms with Crippen LogP contribution in [0.4, 0.5) is 5.95 Å². The first-order chi connectivity index (χ1) is 15.3. The lowest BCUT2D eigenvalue weighted by atomic mass is 10.2. The van der Waals surface area contributed by atoms with E-state index in [-0.39, 0.29) is 0 Å². The molecule has 1 aliphatic rings. The van der Waals surface area contributed by atoms with Crippen LogP contribution in [0.3, 0.4) is 0 Å². The molecule has 31 heavy (non-hydrogen) atoms. The van der Waals surface area contributed by atoms with Crippen molar-refractivity contribution in [3.8, 4) is 17.1 Å². The van der Waals surface area contributed by atoms with Crippen LogP contribution in [0.1, 0.15) is 11.3 Å². The first-order valence-electron chi connectivity index (χ1n) is 10.3. The Morgan fingerprint density at radius 3 is 2.55 bits per heavy atom. The van der Waals surface area contributed by atoms with E-state index in [1.807, 2.05) is 42.5 Å². The molecule has 0 atom stereocenters. The maximum absolute atomic E-state index is 5.68. The van der Waals surface area contributed by atoms with Gasteiger partial charge in [0, 0.05) is 24.4 Å². The standard InChI is InChI=1S/C23H23N5O2S/c1-17-7-5-6-10-20(17)28-22(27-11-13-29-14-12-27)25-26-23(28)31-16-19-15-30-21(24-19)18-8-3-2-4-9-18/h2-10,15H,11-14,16H2,1H3. The van der Waals surface area contributed by atoms with E-state index in [1.165, 1.54) is 5.56 Å². The monoisotopic (exact) mass is 433 g/mol. The molecule has 1 aliphatic heterocycles. The molecule has 3 heterocycles. The summed E-state index contributed by atoms with van der Waals surface area (Å²) < 4.78 is 13.3. The zero-order chi connectivity index (χ0) is 21.0. The van der Waals surface area contributed by atoms with E-state index in [9.17, 15) is 0 Å². The summed E-state index contributed by atoms with van der Waals surface area (Å²) in [6, 6.07) is 18.2. The third-order valence-electron chi connectivity index (χ3n) is 5.19. The van der Waals surface area contributed by atoms with Gasteiger partial charge in [-0.3, -0.25) is 4.57 Å². The Morgan fingerprint density at radius 2 is 1.74 bits per heavy atom. The van der Waals surface area contributed by atoms with Gasteiger partial charge >= 0.3 is 0 Å². The summed E-state index contributed by atoms with van der Waals surface area (Å²) in [7, 11) is 0. The molecule has 4 aromatic rings. The second-order valence-corrected chi connectivity index (χ2v) is 8.25. The number of aromatic nitrogens is 4. The van der Waals surface area contributed by atoms with Gasteiger partial charge in [-0.1, -0.05) is 48.2 Å². The number of hydrogen-bond acceptors (Lipinski definition) is 7. The van der Waals surface area contributed by atoms with Gasteiger partial charge in [-0.15, -0.1) is 10.2 Å². The maximum atomic E-state index is 5.68. The first-order valence-corrected chi connectivity index (χ1v) is 11.2. The topological polar surface area (TPSA) is 69.2 Å². The summed E-state index contributed by atoms with van der Waals surface area (Å²) in [6.07, 6.45) is 1.71. The van der Waals surface area contributed by atoms with Crippen molar-refractivity contribution in [2.45, 2.75) is 17.8 Å². The summed E-state index contributed by atoms with van der Waals surface area (Å²) in [5.74, 6) is 2.12. The Kier molecular flexibility index (Phi) is 5.73. The van der Waals surface area contributed by atoms with Crippen LogP contribution in [0.2, 0.25) is 0 Å². The number of oxazole rings is 1. The fourth-order valence-corrected chi connectivity index (χ4v) is 4.39. The van der Waals surface area contributed by atoms with Gasteiger partial charge in [0.25, 0.3) is 0 Å². The van der Waals surface area contributed by atoms with E-state index < -0.39 is 0 Å². The normalized spacial score (nSPS) is 14.2. The highest BCUT2D eigenvalue weighted by atomic mass is 32.2. The average molecular weight is 434 g/mol. The van der Waals surface area contributed by atoms with Crippen molar-refractivity contribution in [1.82, 2.24) is 19.7 Å². The largest absolute Gasteiger partial charge is 0.444 e. The van der Waals surface area contributed by atoms with E-state index in [2.05, 4.69) is 43.7 Å². The number of morpholine rings is 1. The third kappa shape index (κ3) is 4.22. The zero-order valence-electron chi connectivity index (χ0n) is 17.3. The lowest BCUT2D eigenvalue weighted by Gasteiger charge is -2.28. The number of para-hydroxylation sites is 1. The van der Waals surface area contributed by atoms with Gasteiger partial charge in [-0.25, -0.2) is 4.98 Å². The molecule has 0 bridgehead atoms. The highest BCUT2D eigenvalue weighted by Crippen LogP contribution is 2.31. The van der Waals surface area contributed by atoms with Gasteiger partial charge in [0.2, 0.25) is 11.8 Å². The van der Waals surface area contributed by atoms with E-state index in [0.29, 0.717) is 24.9 Å². The van der Waals surface area contributed by atoms with Gasteiger partial charge in [0.15, 0.2) is 5.16 Å². The van der Waals surface area contributed by atoms with Crippen molar-refractivity contribution in [3.63, 3.8) is 0 Å². The van der Waals surface area contributed by atoms with Crippen molar-refractivity contribution in [2.75, 3.05) is 31.2 Å². The number of benzene rings is 2. The van der Waals surface area contributed by atoms with E-state index in [4.69, 9.17) is 9.15 Å². The quantitative estimate of drug-likeness (QED) is 0.419. The van der Waals surface area contributed by atoms with Crippen LogP contribution < -0.4 is 4.90 Å². The lowest BCUT2D eigenvalue weighted by Crippen LogP contribution is -2.38. The van der Waals surface area contributed by atoms with Crippen molar-refractivity contribution in [1.29, 1.82) is 0 Å². The van der Waals surface area contributed by atoms with Crippen molar-refractivity contribution < 1.29 is 9.15 Å². The van der Waals surface area contributed by atoms with E-state index in [1.54, 1.807) is 18.0 Å². The second kappa shape index (κ2) is 8.95. The summed E-state index contributed by atoms with van der Waals surface area (Å²) in [6.45, 7) is 5.11. The fraction of sp³-hybridized carbons (Fsp3) is 0.261. The molecule has 0 radical (unpaired) electrons. The number of aryl methyl sites for hydroxylation is 1. The van der Waals surface area contributed by atoms with Gasteiger partial charge < -0.3 is 14.1 Å². The Morgan fingerprint density at radius 1 is 0.968 bits per heavy atom. The van der Waals surface area contributed by atoms with Crippen molar-refractivity contribution in [3.05, 3.63) is 72.1 Å². The highest BCUT2D eigenvalue weighted by molar-refractivity contribution is 7.98.